The molecule has 0 radical (unpaired) electrons. The van der Waals surface area contributed by atoms with Crippen LogP contribution in [0.25, 0.3) is 0 Å². The summed E-state index contributed by atoms with van der Waals surface area (Å²) < 4.78 is 0. The van der Waals surface area contributed by atoms with Crippen LogP contribution >= 0.6 is 11.8 Å². The van der Waals surface area contributed by atoms with Crippen LogP contribution in [0.3, 0.4) is 0 Å². The molecule has 1 aliphatic heterocycles. The van der Waals surface area contributed by atoms with E-state index in [9.17, 15) is 0 Å². The average molecular weight is 235 g/mol. The van der Waals surface area contributed by atoms with Gasteiger partial charge in [0.15, 0.2) is 0 Å². The van der Waals surface area contributed by atoms with E-state index in [-0.39, 0.29) is 0 Å². The lowest BCUT2D eigenvalue weighted by atomic mass is 9.89. The van der Waals surface area contributed by atoms with Crippen molar-refractivity contribution in [3.63, 3.8) is 0 Å². The van der Waals surface area contributed by atoms with Crippen LogP contribution < -0.4 is 5.32 Å². The lowest BCUT2D eigenvalue weighted by Crippen LogP contribution is -2.32. The number of hydrogen-bond acceptors (Lipinski definition) is 2. The van der Waals surface area contributed by atoms with E-state index in [4.69, 9.17) is 0 Å². The fraction of sp³-hybridized carbons (Fsp3) is 0.571. The Kier molecular flexibility index (Phi) is 3.32. The van der Waals surface area contributed by atoms with Crippen LogP contribution in [-0.2, 0) is 0 Å². The van der Waals surface area contributed by atoms with E-state index < -0.39 is 0 Å². The van der Waals surface area contributed by atoms with Crippen molar-refractivity contribution in [3.05, 3.63) is 28.8 Å². The highest BCUT2D eigenvalue weighted by atomic mass is 32.2. The summed E-state index contributed by atoms with van der Waals surface area (Å²) in [6.07, 6.45) is 0. The maximum atomic E-state index is 3.48. The maximum Gasteiger partial charge on any atom is 0.0365 e. The summed E-state index contributed by atoms with van der Waals surface area (Å²) in [5.41, 5.74) is 4.30. The summed E-state index contributed by atoms with van der Waals surface area (Å²) in [5, 5.41) is 4.17. The van der Waals surface area contributed by atoms with Crippen LogP contribution in [0.5, 0.6) is 0 Å². The second-order valence-electron chi connectivity index (χ2n) is 4.95. The SMILES string of the molecule is CNC1c2cc(C)cc(C)c2SC(C)C1C. The average Bonchev–Trinajstić information content (AvgIpc) is 2.22. The van der Waals surface area contributed by atoms with Gasteiger partial charge in [0.1, 0.15) is 0 Å². The largest absolute Gasteiger partial charge is 0.313 e. The van der Waals surface area contributed by atoms with Crippen molar-refractivity contribution < 1.29 is 0 Å². The van der Waals surface area contributed by atoms with E-state index in [0.717, 1.165) is 0 Å². The van der Waals surface area contributed by atoms with E-state index in [1.807, 2.05) is 11.8 Å². The van der Waals surface area contributed by atoms with Gasteiger partial charge >= 0.3 is 0 Å². The Morgan fingerprint density at radius 1 is 1.19 bits per heavy atom. The molecule has 3 atom stereocenters. The van der Waals surface area contributed by atoms with Gasteiger partial charge in [0.2, 0.25) is 0 Å². The smallest absolute Gasteiger partial charge is 0.0365 e. The molecule has 1 aromatic carbocycles. The first kappa shape index (κ1) is 12.0. The third-order valence-corrected chi connectivity index (χ3v) is 5.26. The van der Waals surface area contributed by atoms with E-state index in [0.29, 0.717) is 17.2 Å². The number of benzene rings is 1. The molecule has 1 aromatic rings. The zero-order chi connectivity index (χ0) is 11.9. The van der Waals surface area contributed by atoms with Crippen molar-refractivity contribution in [2.45, 2.75) is 43.9 Å². The summed E-state index contributed by atoms with van der Waals surface area (Å²) in [6.45, 7) is 9.10. The minimum atomic E-state index is 0.504. The Labute approximate surface area is 103 Å². The Hall–Kier alpha value is -0.470. The topological polar surface area (TPSA) is 12.0 Å². The molecule has 1 N–H and O–H groups in total. The summed E-state index contributed by atoms with van der Waals surface area (Å²) >= 11 is 2.03. The van der Waals surface area contributed by atoms with Gasteiger partial charge in [-0.25, -0.2) is 0 Å². The molecule has 0 aromatic heterocycles. The van der Waals surface area contributed by atoms with Crippen LogP contribution in [0.4, 0.5) is 0 Å². The van der Waals surface area contributed by atoms with Crippen LogP contribution in [0, 0.1) is 19.8 Å². The van der Waals surface area contributed by atoms with Gasteiger partial charge in [0, 0.05) is 16.2 Å². The second-order valence-corrected chi connectivity index (χ2v) is 6.34. The van der Waals surface area contributed by atoms with Gasteiger partial charge in [0.05, 0.1) is 0 Å². The normalized spacial score (nSPS) is 28.9. The molecule has 1 aliphatic rings. The van der Waals surface area contributed by atoms with Crippen LogP contribution in [0.2, 0.25) is 0 Å². The van der Waals surface area contributed by atoms with E-state index in [1.165, 1.54) is 21.6 Å². The minimum absolute atomic E-state index is 0.504. The summed E-state index contributed by atoms with van der Waals surface area (Å²) in [4.78, 5) is 1.50. The first-order valence-corrected chi connectivity index (χ1v) is 6.87. The van der Waals surface area contributed by atoms with Crippen LogP contribution in [0.1, 0.15) is 36.6 Å². The number of thioether (sulfide) groups is 1. The maximum absolute atomic E-state index is 3.48. The lowest BCUT2D eigenvalue weighted by Gasteiger charge is -2.36. The highest BCUT2D eigenvalue weighted by molar-refractivity contribution is 8.00. The van der Waals surface area contributed by atoms with Crippen molar-refractivity contribution in [1.29, 1.82) is 0 Å². The van der Waals surface area contributed by atoms with Gasteiger partial charge in [-0.05, 0) is 37.9 Å². The number of fused-ring (bicyclic) bond motifs is 1. The van der Waals surface area contributed by atoms with Crippen molar-refractivity contribution in [1.82, 2.24) is 5.32 Å². The quantitative estimate of drug-likeness (QED) is 0.796. The van der Waals surface area contributed by atoms with E-state index >= 15 is 0 Å². The predicted molar refractivity (Wildman–Crippen MR) is 72.2 cm³/mol. The fourth-order valence-electron chi connectivity index (χ4n) is 2.65. The number of nitrogens with one attached hydrogen (secondary N) is 1. The molecule has 0 amide bonds. The third kappa shape index (κ3) is 1.89. The number of rotatable bonds is 1. The van der Waals surface area contributed by atoms with Crippen LogP contribution in [-0.4, -0.2) is 12.3 Å². The molecule has 0 bridgehead atoms. The molecular weight excluding hydrogens is 214 g/mol. The summed E-state index contributed by atoms with van der Waals surface area (Å²) in [5.74, 6) is 0.684. The Bertz CT molecular complexity index is 400. The summed E-state index contributed by atoms with van der Waals surface area (Å²) in [6, 6.07) is 5.14. The number of hydrogen-bond donors (Lipinski definition) is 1. The zero-order valence-electron chi connectivity index (χ0n) is 10.8. The molecule has 0 fully saturated rings. The van der Waals surface area contributed by atoms with Gasteiger partial charge in [0.25, 0.3) is 0 Å². The van der Waals surface area contributed by atoms with Gasteiger partial charge in [-0.15, -0.1) is 11.8 Å². The minimum Gasteiger partial charge on any atom is -0.313 e. The molecule has 2 rings (SSSR count). The van der Waals surface area contributed by atoms with Gasteiger partial charge in [-0.3, -0.25) is 0 Å². The number of aryl methyl sites for hydroxylation is 2. The Morgan fingerprint density at radius 3 is 2.50 bits per heavy atom. The van der Waals surface area contributed by atoms with Crippen molar-refractivity contribution in [2.24, 2.45) is 5.92 Å². The Balaban J connectivity index is 2.55. The highest BCUT2D eigenvalue weighted by Crippen LogP contribution is 2.45. The van der Waals surface area contributed by atoms with E-state index in [2.05, 4.69) is 52.2 Å². The Morgan fingerprint density at radius 2 is 1.88 bits per heavy atom. The van der Waals surface area contributed by atoms with E-state index in [1.54, 1.807) is 0 Å². The summed E-state index contributed by atoms with van der Waals surface area (Å²) in [7, 11) is 2.07. The van der Waals surface area contributed by atoms with Gasteiger partial charge < -0.3 is 5.32 Å². The molecule has 0 saturated heterocycles. The highest BCUT2D eigenvalue weighted by Gasteiger charge is 2.31. The molecule has 16 heavy (non-hydrogen) atoms. The first-order valence-electron chi connectivity index (χ1n) is 5.99. The standard InChI is InChI=1S/C14H21NS/c1-8-6-9(2)14-12(7-8)13(15-5)10(3)11(4)16-14/h6-7,10-11,13,15H,1-5H3. The second kappa shape index (κ2) is 4.42. The molecular formula is C14H21NS. The molecule has 1 nitrogen and oxygen atoms in total. The molecule has 2 heteroatoms. The molecule has 0 aliphatic carbocycles. The molecule has 0 spiro atoms. The molecule has 3 unspecified atom stereocenters. The van der Waals surface area contributed by atoms with Crippen molar-refractivity contribution >= 4 is 11.8 Å². The van der Waals surface area contributed by atoms with Crippen molar-refractivity contribution in [3.8, 4) is 0 Å². The van der Waals surface area contributed by atoms with Crippen molar-refractivity contribution in [2.75, 3.05) is 7.05 Å². The monoisotopic (exact) mass is 235 g/mol. The zero-order valence-corrected chi connectivity index (χ0v) is 11.6. The fourth-order valence-corrected chi connectivity index (χ4v) is 3.96. The first-order chi connectivity index (χ1) is 7.54. The molecule has 88 valence electrons. The van der Waals surface area contributed by atoms with Crippen LogP contribution in [0.15, 0.2) is 17.0 Å². The molecule has 0 saturated carbocycles. The third-order valence-electron chi connectivity index (χ3n) is 3.66. The van der Waals surface area contributed by atoms with Gasteiger partial charge in [-0.2, -0.15) is 0 Å². The lowest BCUT2D eigenvalue weighted by molar-refractivity contribution is 0.395. The molecule has 1 heterocycles. The van der Waals surface area contributed by atoms with Gasteiger partial charge in [-0.1, -0.05) is 31.5 Å². The predicted octanol–water partition coefficient (Wildman–Crippen LogP) is 3.69.